The van der Waals surface area contributed by atoms with Crippen LogP contribution in [0.25, 0.3) is 0 Å². The Labute approximate surface area is 176 Å². The number of halogens is 1. The summed E-state index contributed by atoms with van der Waals surface area (Å²) in [7, 11) is -3.69. The minimum absolute atomic E-state index is 0.0138. The standard InChI is InChI=1S/C23H23FN2O3S/c1-17-7-3-4-8-20(17)15-25-23(27)19-13-11-18(12-14-19)16-26(30(2,28)29)22-10-6-5-9-21(22)24/h3-14H,15-16H2,1-2H3,(H,25,27). The van der Waals surface area contributed by atoms with Crippen molar-refractivity contribution in [3.05, 3.63) is 101 Å². The summed E-state index contributed by atoms with van der Waals surface area (Å²) in [5, 5.41) is 2.88. The van der Waals surface area contributed by atoms with Gasteiger partial charge >= 0.3 is 0 Å². The highest BCUT2D eigenvalue weighted by molar-refractivity contribution is 7.92. The number of benzene rings is 3. The van der Waals surface area contributed by atoms with E-state index in [4.69, 9.17) is 0 Å². The first kappa shape index (κ1) is 21.5. The van der Waals surface area contributed by atoms with Crippen molar-refractivity contribution in [3.63, 3.8) is 0 Å². The van der Waals surface area contributed by atoms with Crippen LogP contribution in [0.3, 0.4) is 0 Å². The van der Waals surface area contributed by atoms with E-state index in [1.165, 1.54) is 18.2 Å². The van der Waals surface area contributed by atoms with Gasteiger partial charge in [0.15, 0.2) is 0 Å². The number of anilines is 1. The number of nitrogens with one attached hydrogen (secondary N) is 1. The van der Waals surface area contributed by atoms with Gasteiger partial charge in [-0.25, -0.2) is 12.8 Å². The molecule has 0 spiro atoms. The molecule has 7 heteroatoms. The minimum Gasteiger partial charge on any atom is -0.348 e. The van der Waals surface area contributed by atoms with Crippen molar-refractivity contribution in [2.24, 2.45) is 0 Å². The van der Waals surface area contributed by atoms with Crippen LogP contribution in [0, 0.1) is 12.7 Å². The van der Waals surface area contributed by atoms with E-state index in [1.54, 1.807) is 30.3 Å². The van der Waals surface area contributed by atoms with Crippen molar-refractivity contribution in [2.45, 2.75) is 20.0 Å². The molecule has 1 amide bonds. The molecule has 0 unspecified atom stereocenters. The Bertz CT molecular complexity index is 1150. The van der Waals surface area contributed by atoms with Crippen LogP contribution >= 0.6 is 0 Å². The molecular weight excluding hydrogens is 403 g/mol. The van der Waals surface area contributed by atoms with Crippen LogP contribution in [0.1, 0.15) is 27.0 Å². The summed E-state index contributed by atoms with van der Waals surface area (Å²) in [6.45, 7) is 2.37. The highest BCUT2D eigenvalue weighted by Crippen LogP contribution is 2.24. The number of amides is 1. The van der Waals surface area contributed by atoms with Crippen molar-refractivity contribution >= 4 is 21.6 Å². The quantitative estimate of drug-likeness (QED) is 0.620. The van der Waals surface area contributed by atoms with Gasteiger partial charge in [0.1, 0.15) is 5.82 Å². The number of carbonyl (C=O) groups excluding carboxylic acids is 1. The molecule has 0 aliphatic carbocycles. The molecule has 0 fully saturated rings. The normalized spacial score (nSPS) is 11.2. The third kappa shape index (κ3) is 5.24. The van der Waals surface area contributed by atoms with Gasteiger partial charge in [0.25, 0.3) is 5.91 Å². The molecule has 3 rings (SSSR count). The predicted octanol–water partition coefficient (Wildman–Crippen LogP) is 4.03. The van der Waals surface area contributed by atoms with Crippen LogP contribution in [0.5, 0.6) is 0 Å². The van der Waals surface area contributed by atoms with Gasteiger partial charge in [0.05, 0.1) is 18.5 Å². The Morgan fingerprint density at radius 2 is 1.60 bits per heavy atom. The topological polar surface area (TPSA) is 66.5 Å². The molecule has 0 heterocycles. The first-order valence-corrected chi connectivity index (χ1v) is 11.2. The second-order valence-electron chi connectivity index (χ2n) is 7.03. The van der Waals surface area contributed by atoms with Crippen molar-refractivity contribution < 1.29 is 17.6 Å². The Balaban J connectivity index is 1.72. The summed E-state index contributed by atoms with van der Waals surface area (Å²) in [4.78, 5) is 12.4. The highest BCUT2D eigenvalue weighted by atomic mass is 32.2. The zero-order valence-electron chi connectivity index (χ0n) is 16.8. The van der Waals surface area contributed by atoms with E-state index in [-0.39, 0.29) is 18.1 Å². The maximum absolute atomic E-state index is 14.1. The van der Waals surface area contributed by atoms with Crippen LogP contribution in [-0.2, 0) is 23.1 Å². The van der Waals surface area contributed by atoms with Crippen molar-refractivity contribution in [3.8, 4) is 0 Å². The van der Waals surface area contributed by atoms with Crippen LogP contribution in [0.2, 0.25) is 0 Å². The van der Waals surface area contributed by atoms with Crippen LogP contribution < -0.4 is 9.62 Å². The Kier molecular flexibility index (Phi) is 6.52. The van der Waals surface area contributed by atoms with Crippen molar-refractivity contribution in [1.82, 2.24) is 5.32 Å². The van der Waals surface area contributed by atoms with Gasteiger partial charge in [0, 0.05) is 12.1 Å². The van der Waals surface area contributed by atoms with Gasteiger partial charge in [-0.1, -0.05) is 48.5 Å². The third-order valence-electron chi connectivity index (χ3n) is 4.76. The van der Waals surface area contributed by atoms with E-state index in [1.807, 2.05) is 31.2 Å². The molecule has 0 bridgehead atoms. The molecule has 0 saturated carbocycles. The molecule has 0 radical (unpaired) electrons. The minimum atomic E-state index is -3.69. The summed E-state index contributed by atoms with van der Waals surface area (Å²) < 4.78 is 39.6. The lowest BCUT2D eigenvalue weighted by Crippen LogP contribution is -2.30. The smallest absolute Gasteiger partial charge is 0.251 e. The Morgan fingerprint density at radius 1 is 0.967 bits per heavy atom. The lowest BCUT2D eigenvalue weighted by atomic mass is 10.1. The van der Waals surface area contributed by atoms with Gasteiger partial charge < -0.3 is 5.32 Å². The number of aryl methyl sites for hydroxylation is 1. The second kappa shape index (κ2) is 9.09. The van der Waals surface area contributed by atoms with E-state index in [9.17, 15) is 17.6 Å². The van der Waals surface area contributed by atoms with Crippen molar-refractivity contribution in [1.29, 1.82) is 0 Å². The summed E-state index contributed by atoms with van der Waals surface area (Å²) in [6.07, 6.45) is 1.03. The summed E-state index contributed by atoms with van der Waals surface area (Å²) in [5.74, 6) is -0.839. The molecule has 3 aromatic carbocycles. The number of para-hydroxylation sites is 1. The molecular formula is C23H23FN2O3S. The highest BCUT2D eigenvalue weighted by Gasteiger charge is 2.21. The fourth-order valence-electron chi connectivity index (χ4n) is 3.05. The molecule has 0 atom stereocenters. The third-order valence-corrected chi connectivity index (χ3v) is 5.89. The van der Waals surface area contributed by atoms with Crippen LogP contribution in [0.15, 0.2) is 72.8 Å². The average molecular weight is 427 g/mol. The van der Waals surface area contributed by atoms with E-state index in [0.29, 0.717) is 17.7 Å². The molecule has 156 valence electrons. The molecule has 0 aromatic heterocycles. The maximum atomic E-state index is 14.1. The zero-order chi connectivity index (χ0) is 21.7. The van der Waals surface area contributed by atoms with Crippen LogP contribution in [-0.4, -0.2) is 20.6 Å². The molecule has 5 nitrogen and oxygen atoms in total. The lowest BCUT2D eigenvalue weighted by Gasteiger charge is -2.23. The molecule has 0 saturated heterocycles. The number of carbonyl (C=O) groups is 1. The van der Waals surface area contributed by atoms with Gasteiger partial charge in [-0.05, 0) is 47.9 Å². The molecule has 0 aliphatic heterocycles. The fraction of sp³-hybridized carbons (Fsp3) is 0.174. The molecule has 30 heavy (non-hydrogen) atoms. The first-order chi connectivity index (χ1) is 14.3. The Hall–Kier alpha value is -3.19. The van der Waals surface area contributed by atoms with Gasteiger partial charge in [-0.15, -0.1) is 0 Å². The van der Waals surface area contributed by atoms with Gasteiger partial charge in [-0.3, -0.25) is 9.10 Å². The first-order valence-electron chi connectivity index (χ1n) is 9.39. The summed E-state index contributed by atoms with van der Waals surface area (Å²) >= 11 is 0. The number of nitrogens with zero attached hydrogens (tertiary/aromatic N) is 1. The summed E-state index contributed by atoms with van der Waals surface area (Å²) in [5.41, 5.74) is 3.22. The van der Waals surface area contributed by atoms with E-state index in [2.05, 4.69) is 5.32 Å². The van der Waals surface area contributed by atoms with Gasteiger partial charge in [0.2, 0.25) is 10.0 Å². The van der Waals surface area contributed by atoms with Crippen LogP contribution in [0.4, 0.5) is 10.1 Å². The lowest BCUT2D eigenvalue weighted by molar-refractivity contribution is 0.0951. The average Bonchev–Trinajstić information content (AvgIpc) is 2.71. The zero-order valence-corrected chi connectivity index (χ0v) is 17.6. The summed E-state index contributed by atoms with van der Waals surface area (Å²) in [6, 6.07) is 20.1. The number of rotatable bonds is 7. The van der Waals surface area contributed by atoms with E-state index in [0.717, 1.165) is 21.7 Å². The van der Waals surface area contributed by atoms with Gasteiger partial charge in [-0.2, -0.15) is 0 Å². The Morgan fingerprint density at radius 3 is 2.23 bits per heavy atom. The number of hydrogen-bond acceptors (Lipinski definition) is 3. The predicted molar refractivity (Wildman–Crippen MR) is 116 cm³/mol. The second-order valence-corrected chi connectivity index (χ2v) is 8.93. The van der Waals surface area contributed by atoms with Crippen molar-refractivity contribution in [2.75, 3.05) is 10.6 Å². The SMILES string of the molecule is Cc1ccccc1CNC(=O)c1ccc(CN(c2ccccc2F)S(C)(=O)=O)cc1. The number of hydrogen-bond donors (Lipinski definition) is 1. The maximum Gasteiger partial charge on any atom is 0.251 e. The number of sulfonamides is 1. The molecule has 3 aromatic rings. The largest absolute Gasteiger partial charge is 0.348 e. The monoisotopic (exact) mass is 426 g/mol. The van der Waals surface area contributed by atoms with E-state index < -0.39 is 15.8 Å². The van der Waals surface area contributed by atoms with E-state index >= 15 is 0 Å². The fourth-order valence-corrected chi connectivity index (χ4v) is 3.94. The molecule has 0 aliphatic rings. The molecule has 1 N–H and O–H groups in total.